The molecule has 0 N–H and O–H groups in total. The highest BCUT2D eigenvalue weighted by atomic mass is 28.3. The lowest BCUT2D eigenvalue weighted by Crippen LogP contribution is -2.51. The van der Waals surface area contributed by atoms with Crippen molar-refractivity contribution in [3.8, 4) is 23.8 Å². The molecule has 0 heterocycles. The highest BCUT2D eigenvalue weighted by molar-refractivity contribution is 6.83. The predicted octanol–water partition coefficient (Wildman–Crippen LogP) is 4.09. The summed E-state index contributed by atoms with van der Waals surface area (Å²) in [4.78, 5) is 0. The first-order valence-electron chi connectivity index (χ1n) is 7.36. The highest BCUT2D eigenvalue weighted by Crippen LogP contribution is 2.64. The van der Waals surface area contributed by atoms with Crippen LogP contribution in [0, 0.1) is 46.5 Å². The van der Waals surface area contributed by atoms with Gasteiger partial charge in [-0.15, -0.1) is 17.9 Å². The van der Waals surface area contributed by atoms with E-state index in [0.29, 0.717) is 5.41 Å². The predicted molar refractivity (Wildman–Crippen MR) is 79.5 cm³/mol. The molecule has 0 aromatic heterocycles. The maximum atomic E-state index is 5.88. The normalized spacial score (nSPS) is 45.2. The van der Waals surface area contributed by atoms with Crippen LogP contribution in [0.15, 0.2) is 0 Å². The minimum absolute atomic E-state index is 0.220. The van der Waals surface area contributed by atoms with E-state index in [1.165, 1.54) is 38.5 Å². The van der Waals surface area contributed by atoms with Crippen LogP contribution in [0.5, 0.6) is 0 Å². The summed E-state index contributed by atoms with van der Waals surface area (Å²) in [7, 11) is -1.26. The Morgan fingerprint density at radius 1 is 1.00 bits per heavy atom. The molecule has 4 aliphatic rings. The molecule has 0 radical (unpaired) electrons. The van der Waals surface area contributed by atoms with Crippen molar-refractivity contribution in [2.45, 2.75) is 58.2 Å². The van der Waals surface area contributed by atoms with Crippen LogP contribution < -0.4 is 0 Å². The van der Waals surface area contributed by atoms with Crippen LogP contribution >= 0.6 is 0 Å². The van der Waals surface area contributed by atoms with Gasteiger partial charge in [-0.1, -0.05) is 25.6 Å². The molecule has 2 atom stereocenters. The van der Waals surface area contributed by atoms with E-state index in [2.05, 4.69) is 37.0 Å². The van der Waals surface area contributed by atoms with Gasteiger partial charge in [-0.05, 0) is 50.4 Å². The molecule has 2 unspecified atom stereocenters. The fourth-order valence-corrected chi connectivity index (χ4v) is 5.54. The number of hydrogen-bond donors (Lipinski definition) is 0. The molecular weight excluding hydrogens is 232 g/mol. The average Bonchev–Trinajstić information content (AvgIpc) is 2.24. The molecule has 0 aliphatic heterocycles. The lowest BCUT2D eigenvalue weighted by molar-refractivity contribution is -0.0522. The van der Waals surface area contributed by atoms with Crippen LogP contribution in [0.4, 0.5) is 0 Å². The van der Waals surface area contributed by atoms with E-state index in [4.69, 9.17) is 6.42 Å². The van der Waals surface area contributed by atoms with Crippen LogP contribution in [-0.4, -0.2) is 8.07 Å². The summed E-state index contributed by atoms with van der Waals surface area (Å²) in [6.07, 6.45) is 13.8. The zero-order valence-electron chi connectivity index (χ0n) is 12.0. The van der Waals surface area contributed by atoms with Gasteiger partial charge in [0.25, 0.3) is 0 Å². The van der Waals surface area contributed by atoms with Gasteiger partial charge < -0.3 is 0 Å². The van der Waals surface area contributed by atoms with Crippen molar-refractivity contribution in [3.05, 3.63) is 0 Å². The zero-order valence-corrected chi connectivity index (χ0v) is 13.0. The largest absolute Gasteiger partial charge is 0.131 e. The molecule has 0 aromatic carbocycles. The first-order valence-corrected chi connectivity index (χ1v) is 10.9. The van der Waals surface area contributed by atoms with Gasteiger partial charge in [0.05, 0.1) is 0 Å². The Morgan fingerprint density at radius 3 is 2.06 bits per heavy atom. The van der Waals surface area contributed by atoms with Gasteiger partial charge in [-0.25, -0.2) is 0 Å². The van der Waals surface area contributed by atoms with Crippen molar-refractivity contribution in [2.24, 2.45) is 22.7 Å². The number of rotatable bonds is 0. The summed E-state index contributed by atoms with van der Waals surface area (Å²) in [5.41, 5.74) is 4.16. The maximum Gasteiger partial charge on any atom is 0.129 e. The smallest absolute Gasteiger partial charge is 0.129 e. The second kappa shape index (κ2) is 3.67. The third-order valence-corrected chi connectivity index (χ3v) is 5.94. The van der Waals surface area contributed by atoms with Gasteiger partial charge >= 0.3 is 0 Å². The molecule has 0 spiro atoms. The SMILES string of the molecule is C#CC12CC3CC(C1)CC(C#C[Si](C)(C)C)(C3)C2. The van der Waals surface area contributed by atoms with Gasteiger partial charge in [0.15, 0.2) is 0 Å². The molecule has 0 amide bonds. The summed E-state index contributed by atoms with van der Waals surface area (Å²) in [6, 6.07) is 0. The molecule has 4 aliphatic carbocycles. The first-order chi connectivity index (χ1) is 8.34. The van der Waals surface area contributed by atoms with Crippen molar-refractivity contribution in [1.29, 1.82) is 0 Å². The Hall–Kier alpha value is -0.663. The third-order valence-electron chi connectivity index (χ3n) is 5.07. The fraction of sp³-hybridized carbons (Fsp3) is 0.765. The van der Waals surface area contributed by atoms with Gasteiger partial charge in [0.2, 0.25) is 0 Å². The minimum Gasteiger partial charge on any atom is -0.131 e. The van der Waals surface area contributed by atoms with Crippen LogP contribution in [0.2, 0.25) is 19.6 Å². The quantitative estimate of drug-likeness (QED) is 0.452. The molecule has 96 valence electrons. The highest BCUT2D eigenvalue weighted by Gasteiger charge is 2.56. The molecule has 4 bridgehead atoms. The van der Waals surface area contributed by atoms with E-state index in [0.717, 1.165) is 11.8 Å². The van der Waals surface area contributed by atoms with Gasteiger partial charge in [0.1, 0.15) is 8.07 Å². The minimum atomic E-state index is -1.26. The van der Waals surface area contributed by atoms with Crippen molar-refractivity contribution in [2.75, 3.05) is 0 Å². The summed E-state index contributed by atoms with van der Waals surface area (Å²) < 4.78 is 0. The van der Waals surface area contributed by atoms with Crippen LogP contribution in [0.25, 0.3) is 0 Å². The van der Waals surface area contributed by atoms with E-state index >= 15 is 0 Å². The number of terminal acetylenes is 1. The van der Waals surface area contributed by atoms with Crippen molar-refractivity contribution < 1.29 is 0 Å². The van der Waals surface area contributed by atoms with Crippen LogP contribution in [0.1, 0.15) is 38.5 Å². The molecule has 0 nitrogen and oxygen atoms in total. The molecule has 4 rings (SSSR count). The van der Waals surface area contributed by atoms with E-state index in [1.807, 2.05) is 0 Å². The van der Waals surface area contributed by atoms with Gasteiger partial charge in [0, 0.05) is 10.8 Å². The van der Waals surface area contributed by atoms with E-state index in [9.17, 15) is 0 Å². The lowest BCUT2D eigenvalue weighted by atomic mass is 9.44. The molecule has 18 heavy (non-hydrogen) atoms. The summed E-state index contributed by atoms with van der Waals surface area (Å²) in [5.74, 6) is 8.66. The average molecular weight is 256 g/mol. The summed E-state index contributed by atoms with van der Waals surface area (Å²) in [5, 5.41) is 0. The van der Waals surface area contributed by atoms with Crippen LogP contribution in [-0.2, 0) is 0 Å². The molecule has 1 heteroatoms. The second-order valence-corrected chi connectivity index (χ2v) is 12.9. The van der Waals surface area contributed by atoms with Gasteiger partial charge in [-0.2, -0.15) is 0 Å². The van der Waals surface area contributed by atoms with Crippen LogP contribution in [0.3, 0.4) is 0 Å². The van der Waals surface area contributed by atoms with Gasteiger partial charge in [-0.3, -0.25) is 0 Å². The molecule has 4 saturated carbocycles. The monoisotopic (exact) mass is 256 g/mol. The Labute approximate surface area is 113 Å². The van der Waals surface area contributed by atoms with Crippen molar-refractivity contribution in [1.82, 2.24) is 0 Å². The number of hydrogen-bond acceptors (Lipinski definition) is 0. The van der Waals surface area contributed by atoms with Crippen molar-refractivity contribution >= 4 is 8.07 Å². The Balaban J connectivity index is 1.94. The first kappa shape index (κ1) is 12.4. The topological polar surface area (TPSA) is 0 Å². The summed E-state index contributed by atoms with van der Waals surface area (Å²) >= 11 is 0. The lowest BCUT2D eigenvalue weighted by Gasteiger charge is -2.59. The second-order valence-electron chi connectivity index (χ2n) is 8.17. The zero-order chi connectivity index (χ0) is 13.0. The molecular formula is C17H24Si. The maximum absolute atomic E-state index is 5.88. The van der Waals surface area contributed by atoms with Crippen molar-refractivity contribution in [3.63, 3.8) is 0 Å². The molecule has 4 fully saturated rings. The summed E-state index contributed by atoms with van der Waals surface area (Å²) in [6.45, 7) is 7.03. The third kappa shape index (κ3) is 2.04. The Morgan fingerprint density at radius 2 is 1.56 bits per heavy atom. The van der Waals surface area contributed by atoms with E-state index in [1.54, 1.807) is 0 Å². The molecule has 0 saturated heterocycles. The van der Waals surface area contributed by atoms with E-state index in [-0.39, 0.29) is 5.41 Å². The molecule has 0 aromatic rings. The van der Waals surface area contributed by atoms with E-state index < -0.39 is 8.07 Å². The standard InChI is InChI=1S/C17H24Si/c1-5-16-9-14-8-15(10-16)12-17(11-14,13-16)6-7-18(2,3)4/h1,14-15H,8-13H2,2-4H3. The Kier molecular flexibility index (Phi) is 2.53. The fourth-order valence-electron chi connectivity index (χ4n) is 4.90. The Bertz CT molecular complexity index is 449.